The molecule has 3 heteroatoms. The van der Waals surface area contributed by atoms with E-state index in [0.29, 0.717) is 12.2 Å². The van der Waals surface area contributed by atoms with Crippen molar-refractivity contribution in [2.75, 3.05) is 13.7 Å². The summed E-state index contributed by atoms with van der Waals surface area (Å²) in [6, 6.07) is 2.08. The Morgan fingerprint density at radius 1 is 1.33 bits per heavy atom. The van der Waals surface area contributed by atoms with E-state index in [9.17, 15) is 4.79 Å². The first-order valence-corrected chi connectivity index (χ1v) is 7.86. The van der Waals surface area contributed by atoms with Gasteiger partial charge in [-0.15, -0.1) is 0 Å². The lowest BCUT2D eigenvalue weighted by Gasteiger charge is -2.32. The van der Waals surface area contributed by atoms with Gasteiger partial charge in [-0.3, -0.25) is 4.79 Å². The summed E-state index contributed by atoms with van der Waals surface area (Å²) in [5.41, 5.74) is 3.63. The van der Waals surface area contributed by atoms with Gasteiger partial charge >= 0.3 is 0 Å². The molecule has 0 atom stereocenters. The van der Waals surface area contributed by atoms with Crippen LogP contribution in [-0.4, -0.2) is 24.1 Å². The number of aryl methyl sites for hydroxylation is 1. The third-order valence-electron chi connectivity index (χ3n) is 4.57. The van der Waals surface area contributed by atoms with Crippen LogP contribution in [0.5, 0.6) is 0 Å². The average Bonchev–Trinajstić information content (AvgIpc) is 2.63. The van der Waals surface area contributed by atoms with Crippen molar-refractivity contribution >= 4 is 5.78 Å². The molecule has 0 N–H and O–H groups in total. The summed E-state index contributed by atoms with van der Waals surface area (Å²) in [6.45, 7) is 12.8. The van der Waals surface area contributed by atoms with Crippen molar-refractivity contribution in [3.05, 3.63) is 23.0 Å². The molecule has 0 unspecified atom stereocenters. The molecule has 0 saturated carbocycles. The van der Waals surface area contributed by atoms with Gasteiger partial charge in [0.2, 0.25) is 0 Å². The van der Waals surface area contributed by atoms with Crippen LogP contribution in [0.15, 0.2) is 6.07 Å². The number of aromatic nitrogens is 1. The van der Waals surface area contributed by atoms with Crippen LogP contribution < -0.4 is 0 Å². The lowest BCUT2D eigenvalue weighted by atomic mass is 9.76. The summed E-state index contributed by atoms with van der Waals surface area (Å²) in [4.78, 5) is 12.4. The molecule has 0 spiro atoms. The van der Waals surface area contributed by atoms with Crippen LogP contribution in [0.25, 0.3) is 0 Å². The van der Waals surface area contributed by atoms with Crippen molar-refractivity contribution in [3.63, 3.8) is 0 Å². The van der Waals surface area contributed by atoms with E-state index in [1.807, 2.05) is 0 Å². The SMILES string of the molecule is COCCC(C)(C)Cn1c(C)cc2c1CC(C)(C)CC2=O. The van der Waals surface area contributed by atoms with Crippen molar-refractivity contribution in [1.82, 2.24) is 4.57 Å². The van der Waals surface area contributed by atoms with E-state index in [2.05, 4.69) is 45.3 Å². The summed E-state index contributed by atoms with van der Waals surface area (Å²) in [6.07, 6.45) is 2.67. The van der Waals surface area contributed by atoms with Gasteiger partial charge in [-0.25, -0.2) is 0 Å². The molecule has 0 amide bonds. The number of Topliss-reactive ketones (excluding diaryl/α,β-unsaturated/α-hetero) is 1. The van der Waals surface area contributed by atoms with E-state index >= 15 is 0 Å². The number of carbonyl (C=O) groups excluding carboxylic acids is 1. The molecule has 0 aliphatic heterocycles. The third-order valence-corrected chi connectivity index (χ3v) is 4.57. The van der Waals surface area contributed by atoms with Gasteiger partial charge < -0.3 is 9.30 Å². The molecule has 0 saturated heterocycles. The lowest BCUT2D eigenvalue weighted by molar-refractivity contribution is 0.0907. The van der Waals surface area contributed by atoms with Gasteiger partial charge in [-0.2, -0.15) is 0 Å². The highest BCUT2D eigenvalue weighted by Crippen LogP contribution is 2.37. The highest BCUT2D eigenvalue weighted by Gasteiger charge is 2.34. The minimum atomic E-state index is 0.0727. The van der Waals surface area contributed by atoms with Crippen LogP contribution in [0.1, 0.15) is 62.3 Å². The van der Waals surface area contributed by atoms with Crippen LogP contribution >= 0.6 is 0 Å². The molecule has 118 valence electrons. The first-order chi connectivity index (χ1) is 9.65. The summed E-state index contributed by atoms with van der Waals surface area (Å²) >= 11 is 0. The largest absolute Gasteiger partial charge is 0.385 e. The second-order valence-corrected chi connectivity index (χ2v) is 8.08. The first-order valence-electron chi connectivity index (χ1n) is 7.86. The Hall–Kier alpha value is -1.09. The van der Waals surface area contributed by atoms with Gasteiger partial charge in [-0.1, -0.05) is 27.7 Å². The van der Waals surface area contributed by atoms with Gasteiger partial charge in [0.1, 0.15) is 0 Å². The predicted octanol–water partition coefficient (Wildman–Crippen LogP) is 4.01. The zero-order valence-electron chi connectivity index (χ0n) is 14.4. The topological polar surface area (TPSA) is 31.2 Å². The Morgan fingerprint density at radius 3 is 2.62 bits per heavy atom. The number of hydrogen-bond acceptors (Lipinski definition) is 2. The number of hydrogen-bond donors (Lipinski definition) is 0. The summed E-state index contributed by atoms with van der Waals surface area (Å²) < 4.78 is 7.59. The van der Waals surface area contributed by atoms with Gasteiger partial charge in [0.25, 0.3) is 0 Å². The Morgan fingerprint density at radius 2 is 2.00 bits per heavy atom. The molecular weight excluding hydrogens is 262 g/mol. The molecule has 2 rings (SSSR count). The number of nitrogens with zero attached hydrogens (tertiary/aromatic N) is 1. The number of fused-ring (bicyclic) bond motifs is 1. The van der Waals surface area contributed by atoms with Crippen molar-refractivity contribution in [3.8, 4) is 0 Å². The summed E-state index contributed by atoms with van der Waals surface area (Å²) in [7, 11) is 1.75. The Bertz CT molecular complexity index is 538. The molecule has 0 aromatic carbocycles. The minimum Gasteiger partial charge on any atom is -0.385 e. The number of rotatable bonds is 5. The molecular formula is C18H29NO2. The molecule has 1 aromatic heterocycles. The summed E-state index contributed by atoms with van der Waals surface area (Å²) in [5, 5.41) is 0. The fourth-order valence-corrected chi connectivity index (χ4v) is 3.31. The van der Waals surface area contributed by atoms with Crippen LogP contribution in [0.2, 0.25) is 0 Å². The second-order valence-electron chi connectivity index (χ2n) is 8.08. The molecule has 0 bridgehead atoms. The first kappa shape index (κ1) is 16.3. The maximum Gasteiger partial charge on any atom is 0.165 e. The van der Waals surface area contributed by atoms with Gasteiger partial charge in [-0.05, 0) is 36.7 Å². The van der Waals surface area contributed by atoms with Crippen LogP contribution in [0.4, 0.5) is 0 Å². The highest BCUT2D eigenvalue weighted by molar-refractivity contribution is 5.99. The van der Waals surface area contributed by atoms with E-state index in [1.165, 1.54) is 11.4 Å². The van der Waals surface area contributed by atoms with E-state index in [4.69, 9.17) is 4.74 Å². The molecule has 0 radical (unpaired) electrons. The van der Waals surface area contributed by atoms with Crippen LogP contribution in [-0.2, 0) is 17.7 Å². The van der Waals surface area contributed by atoms with Crippen molar-refractivity contribution < 1.29 is 9.53 Å². The molecule has 0 fully saturated rings. The lowest BCUT2D eigenvalue weighted by Crippen LogP contribution is -2.30. The standard InChI is InChI=1S/C18H29NO2/c1-13-9-14-15(10-18(4,5)11-16(14)20)19(13)12-17(2,3)7-8-21-6/h9H,7-8,10-12H2,1-6H3. The van der Waals surface area contributed by atoms with E-state index in [0.717, 1.165) is 31.6 Å². The Balaban J connectivity index is 2.32. The molecule has 1 aliphatic carbocycles. The maximum absolute atomic E-state index is 12.4. The van der Waals surface area contributed by atoms with Crippen LogP contribution in [0.3, 0.4) is 0 Å². The van der Waals surface area contributed by atoms with Gasteiger partial charge in [0, 0.05) is 43.6 Å². The fourth-order valence-electron chi connectivity index (χ4n) is 3.31. The van der Waals surface area contributed by atoms with Crippen LogP contribution in [0, 0.1) is 17.8 Å². The molecule has 1 aliphatic rings. The second kappa shape index (κ2) is 5.60. The normalized spacial score (nSPS) is 17.9. The number of ether oxygens (including phenoxy) is 1. The molecule has 1 heterocycles. The molecule has 21 heavy (non-hydrogen) atoms. The third kappa shape index (κ3) is 3.57. The zero-order valence-corrected chi connectivity index (χ0v) is 14.4. The Labute approximate surface area is 128 Å². The minimum absolute atomic E-state index is 0.0727. The maximum atomic E-state index is 12.4. The number of methoxy groups -OCH3 is 1. The molecule has 1 aromatic rings. The monoisotopic (exact) mass is 291 g/mol. The van der Waals surface area contributed by atoms with Crippen molar-refractivity contribution in [2.24, 2.45) is 10.8 Å². The zero-order chi connectivity index (χ0) is 15.8. The van der Waals surface area contributed by atoms with Gasteiger partial charge in [0.05, 0.1) is 0 Å². The average molecular weight is 291 g/mol. The quantitative estimate of drug-likeness (QED) is 0.820. The van der Waals surface area contributed by atoms with Crippen molar-refractivity contribution in [2.45, 2.75) is 60.4 Å². The summed E-state index contributed by atoms with van der Waals surface area (Å²) in [5.74, 6) is 0.304. The van der Waals surface area contributed by atoms with E-state index < -0.39 is 0 Å². The van der Waals surface area contributed by atoms with E-state index in [-0.39, 0.29) is 10.8 Å². The Kier molecular flexibility index (Phi) is 4.34. The fraction of sp³-hybridized carbons (Fsp3) is 0.722. The van der Waals surface area contributed by atoms with Gasteiger partial charge in [0.15, 0.2) is 5.78 Å². The van der Waals surface area contributed by atoms with Crippen molar-refractivity contribution in [1.29, 1.82) is 0 Å². The number of carbonyl (C=O) groups is 1. The smallest absolute Gasteiger partial charge is 0.165 e. The highest BCUT2D eigenvalue weighted by atomic mass is 16.5. The number of ketones is 1. The van der Waals surface area contributed by atoms with E-state index in [1.54, 1.807) is 7.11 Å². The molecule has 3 nitrogen and oxygen atoms in total. The predicted molar refractivity (Wildman–Crippen MR) is 85.9 cm³/mol.